The van der Waals surface area contributed by atoms with Gasteiger partial charge >= 0.3 is 11.8 Å². The van der Waals surface area contributed by atoms with Crippen LogP contribution in [-0.2, 0) is 19.2 Å². The summed E-state index contributed by atoms with van der Waals surface area (Å²) in [5.74, 6) is -0.715. The van der Waals surface area contributed by atoms with E-state index in [1.54, 1.807) is 6.92 Å². The maximum absolute atomic E-state index is 14.6. The van der Waals surface area contributed by atoms with E-state index in [-0.39, 0.29) is 40.4 Å². The van der Waals surface area contributed by atoms with Gasteiger partial charge in [0.25, 0.3) is 11.6 Å². The van der Waals surface area contributed by atoms with Gasteiger partial charge in [-0.1, -0.05) is 31.2 Å². The highest BCUT2D eigenvalue weighted by Gasteiger charge is 2.30. The Balaban J connectivity index is 1.58. The van der Waals surface area contributed by atoms with Gasteiger partial charge in [0.05, 0.1) is 5.56 Å². The lowest BCUT2D eigenvalue weighted by molar-refractivity contribution is -0.137. The fraction of sp³-hybridized carbons (Fsp3) is 0.174. The van der Waals surface area contributed by atoms with Gasteiger partial charge in [-0.3, -0.25) is 9.78 Å². The van der Waals surface area contributed by atoms with Crippen molar-refractivity contribution in [3.8, 4) is 17.1 Å². The molecular weight excluding hydrogens is 444 g/mol. The van der Waals surface area contributed by atoms with Gasteiger partial charge in [-0.25, -0.2) is 9.18 Å². The number of aryl methyl sites for hydroxylation is 1. The van der Waals surface area contributed by atoms with Crippen LogP contribution in [0.3, 0.4) is 0 Å². The number of halogens is 4. The molecule has 2 aromatic heterocycles. The van der Waals surface area contributed by atoms with Gasteiger partial charge in [0.2, 0.25) is 5.71 Å². The summed E-state index contributed by atoms with van der Waals surface area (Å²) in [5, 5.41) is 0.126. The maximum Gasteiger partial charge on any atom is 0.416 e. The minimum atomic E-state index is -4.51. The van der Waals surface area contributed by atoms with E-state index in [1.807, 2.05) is 0 Å². The lowest BCUT2D eigenvalue weighted by atomic mass is 10.0. The summed E-state index contributed by atoms with van der Waals surface area (Å²) in [6.07, 6.45) is -4.10. The maximum atomic E-state index is 14.6. The second-order valence-corrected chi connectivity index (χ2v) is 7.17. The molecule has 0 bridgehead atoms. The van der Waals surface area contributed by atoms with E-state index in [2.05, 4.69) is 9.97 Å². The molecule has 1 N–H and O–H groups in total. The number of hydrogen-bond acceptors (Lipinski definition) is 5. The van der Waals surface area contributed by atoms with Crippen LogP contribution in [0.2, 0.25) is 0 Å². The van der Waals surface area contributed by atoms with Crippen LogP contribution in [0.1, 0.15) is 23.6 Å². The third-order valence-corrected chi connectivity index (χ3v) is 5.00. The number of nitrogens with zero attached hydrogens (tertiary/aromatic N) is 1. The topological polar surface area (TPSA) is 85.2 Å². The zero-order chi connectivity index (χ0) is 23.8. The van der Waals surface area contributed by atoms with Crippen LogP contribution in [0.15, 0.2) is 62.5 Å². The number of benzene rings is 2. The first-order valence-electron chi connectivity index (χ1n) is 9.81. The summed E-state index contributed by atoms with van der Waals surface area (Å²) in [7, 11) is 0. The number of nitrogens with one attached hydrogen (secondary N) is 1. The molecule has 0 radical (unpaired) electrons. The number of aromatic amines is 1. The molecule has 0 aliphatic rings. The Morgan fingerprint density at radius 2 is 1.79 bits per heavy atom. The molecule has 0 saturated heterocycles. The van der Waals surface area contributed by atoms with Crippen LogP contribution < -0.4 is 15.9 Å². The van der Waals surface area contributed by atoms with E-state index in [9.17, 15) is 27.2 Å². The van der Waals surface area contributed by atoms with E-state index in [0.717, 1.165) is 18.2 Å². The first kappa shape index (κ1) is 22.3. The van der Waals surface area contributed by atoms with E-state index < -0.39 is 28.7 Å². The molecule has 0 fully saturated rings. The Kier molecular flexibility index (Phi) is 5.75. The van der Waals surface area contributed by atoms with E-state index in [1.165, 1.54) is 30.3 Å². The Morgan fingerprint density at radius 3 is 2.48 bits per heavy atom. The second-order valence-electron chi connectivity index (χ2n) is 7.17. The molecule has 0 unspecified atom stereocenters. The molecule has 0 saturated carbocycles. The summed E-state index contributed by atoms with van der Waals surface area (Å²) in [6.45, 7) is 1.44. The van der Waals surface area contributed by atoms with E-state index >= 15 is 0 Å². The molecular formula is C23H16F4N2O4. The summed E-state index contributed by atoms with van der Waals surface area (Å²) in [5.41, 5.74) is -1.26. The molecule has 10 heteroatoms. The molecule has 33 heavy (non-hydrogen) atoms. The number of ether oxygens (including phenoxy) is 1. The van der Waals surface area contributed by atoms with E-state index in [0.29, 0.717) is 12.0 Å². The van der Waals surface area contributed by atoms with Crippen molar-refractivity contribution in [3.05, 3.63) is 91.8 Å². The van der Waals surface area contributed by atoms with Crippen LogP contribution in [0.25, 0.3) is 22.2 Å². The van der Waals surface area contributed by atoms with Crippen LogP contribution in [0.5, 0.6) is 6.01 Å². The summed E-state index contributed by atoms with van der Waals surface area (Å²) in [6, 6.07) is 9.42. The van der Waals surface area contributed by atoms with Crippen LogP contribution >= 0.6 is 0 Å². The van der Waals surface area contributed by atoms with Crippen molar-refractivity contribution >= 4 is 11.1 Å². The van der Waals surface area contributed by atoms with Crippen LogP contribution in [0.4, 0.5) is 17.6 Å². The van der Waals surface area contributed by atoms with Gasteiger partial charge in [0, 0.05) is 11.6 Å². The van der Waals surface area contributed by atoms with Crippen LogP contribution in [0, 0.1) is 5.82 Å². The van der Waals surface area contributed by atoms with Crippen molar-refractivity contribution in [3.63, 3.8) is 0 Å². The lowest BCUT2D eigenvalue weighted by Crippen LogP contribution is -2.15. The Hall–Kier alpha value is -3.95. The highest BCUT2D eigenvalue weighted by Crippen LogP contribution is 2.32. The third kappa shape index (κ3) is 4.64. The predicted octanol–water partition coefficient (Wildman–Crippen LogP) is 4.84. The first-order valence-corrected chi connectivity index (χ1v) is 9.81. The summed E-state index contributed by atoms with van der Waals surface area (Å²) >= 11 is 0. The number of aromatic nitrogens is 2. The van der Waals surface area contributed by atoms with E-state index in [4.69, 9.17) is 9.15 Å². The largest absolute Gasteiger partial charge is 0.460 e. The van der Waals surface area contributed by atoms with Gasteiger partial charge in [0.1, 0.15) is 17.8 Å². The standard InChI is InChI=1S/C23H16F4N2O4/c1-2-12-10-18(30)33-21-19(12)20(31)28-22(29-21)32-11-15-7-6-14(9-17(15)24)13-4-3-5-16(8-13)23(25,26)27/h3-10H,2,11H2,1H3,(H,28,29,31). The van der Waals surface area contributed by atoms with Gasteiger partial charge in [-0.05, 0) is 41.3 Å². The number of H-pyrrole nitrogens is 1. The summed E-state index contributed by atoms with van der Waals surface area (Å²) < 4.78 is 63.7. The molecule has 170 valence electrons. The molecule has 4 aromatic rings. The van der Waals surface area contributed by atoms with Crippen molar-refractivity contribution in [2.24, 2.45) is 0 Å². The molecule has 0 atom stereocenters. The van der Waals surface area contributed by atoms with Crippen molar-refractivity contribution in [2.75, 3.05) is 0 Å². The Bertz CT molecular complexity index is 1460. The van der Waals surface area contributed by atoms with Gasteiger partial charge < -0.3 is 9.15 Å². The normalized spacial score (nSPS) is 11.7. The van der Waals surface area contributed by atoms with Crippen molar-refractivity contribution in [1.82, 2.24) is 9.97 Å². The van der Waals surface area contributed by atoms with Crippen LogP contribution in [-0.4, -0.2) is 9.97 Å². The number of fused-ring (bicyclic) bond motifs is 1. The minimum Gasteiger partial charge on any atom is -0.460 e. The van der Waals surface area contributed by atoms with Crippen molar-refractivity contribution in [2.45, 2.75) is 26.1 Å². The average molecular weight is 460 g/mol. The molecule has 0 amide bonds. The monoisotopic (exact) mass is 460 g/mol. The predicted molar refractivity (Wildman–Crippen MR) is 111 cm³/mol. The lowest BCUT2D eigenvalue weighted by Gasteiger charge is -2.11. The Morgan fingerprint density at radius 1 is 1.03 bits per heavy atom. The molecule has 2 heterocycles. The molecule has 4 rings (SSSR count). The molecule has 2 aromatic carbocycles. The number of hydrogen-bond donors (Lipinski definition) is 1. The van der Waals surface area contributed by atoms with Crippen molar-refractivity contribution < 1.29 is 26.7 Å². The zero-order valence-corrected chi connectivity index (χ0v) is 17.1. The van der Waals surface area contributed by atoms with Gasteiger partial charge in [0.15, 0.2) is 0 Å². The molecule has 0 aliphatic heterocycles. The minimum absolute atomic E-state index is 0.0808. The smallest absolute Gasteiger partial charge is 0.416 e. The van der Waals surface area contributed by atoms with Crippen molar-refractivity contribution in [1.29, 1.82) is 0 Å². The average Bonchev–Trinajstić information content (AvgIpc) is 2.76. The molecule has 0 aliphatic carbocycles. The highest BCUT2D eigenvalue weighted by molar-refractivity contribution is 5.75. The zero-order valence-electron chi connectivity index (χ0n) is 17.1. The number of alkyl halides is 3. The third-order valence-electron chi connectivity index (χ3n) is 5.00. The highest BCUT2D eigenvalue weighted by atomic mass is 19.4. The fourth-order valence-electron chi connectivity index (χ4n) is 3.34. The fourth-order valence-corrected chi connectivity index (χ4v) is 3.34. The second kappa shape index (κ2) is 8.53. The Labute approximate surface area is 183 Å². The SMILES string of the molecule is CCc1cc(=O)oc2nc(OCc3ccc(-c4cccc(C(F)(F)F)c4)cc3F)[nH]c(=O)c12. The first-order chi connectivity index (χ1) is 15.7. The van der Waals surface area contributed by atoms with Gasteiger partial charge in [-0.15, -0.1) is 0 Å². The summed E-state index contributed by atoms with van der Waals surface area (Å²) in [4.78, 5) is 30.4. The number of rotatable bonds is 5. The molecule has 0 spiro atoms. The van der Waals surface area contributed by atoms with Gasteiger partial charge in [-0.2, -0.15) is 18.2 Å². The quantitative estimate of drug-likeness (QED) is 0.431. The molecule has 6 nitrogen and oxygen atoms in total.